The van der Waals surface area contributed by atoms with E-state index in [2.05, 4.69) is 4.98 Å². The summed E-state index contributed by atoms with van der Waals surface area (Å²) in [5.41, 5.74) is 0.525. The summed E-state index contributed by atoms with van der Waals surface area (Å²) in [6.07, 6.45) is 1.65. The molecule has 3 rings (SSSR count). The number of rotatable bonds is 6. The Labute approximate surface area is 154 Å². The minimum absolute atomic E-state index is 0.0955. The number of nitrogens with zero attached hydrogens (tertiary/aromatic N) is 2. The zero-order valence-electron chi connectivity index (χ0n) is 14.6. The molecule has 3 aromatic rings. The van der Waals surface area contributed by atoms with Gasteiger partial charge in [0.2, 0.25) is 5.91 Å². The number of hydrogen-bond donors (Lipinski definition) is 0. The quantitative estimate of drug-likeness (QED) is 0.644. The van der Waals surface area contributed by atoms with E-state index in [0.717, 1.165) is 12.1 Å². The van der Waals surface area contributed by atoms with Crippen molar-refractivity contribution in [3.63, 3.8) is 0 Å². The van der Waals surface area contributed by atoms with E-state index in [0.29, 0.717) is 5.56 Å². The number of carbonyl (C=O) groups is 1. The largest absolute Gasteiger partial charge is 0.441 e. The van der Waals surface area contributed by atoms with Gasteiger partial charge in [-0.1, -0.05) is 18.2 Å². The maximum Gasteiger partial charge on any atom is 0.223 e. The molecule has 1 amide bonds. The van der Waals surface area contributed by atoms with E-state index in [1.165, 1.54) is 23.2 Å². The first kappa shape index (κ1) is 18.7. The Hall–Kier alpha value is -3.09. The molecule has 0 atom stereocenters. The molecule has 0 aliphatic carbocycles. The van der Waals surface area contributed by atoms with Crippen LogP contribution in [0.5, 0.6) is 0 Å². The molecular weight excluding hydrogens is 357 g/mol. The van der Waals surface area contributed by atoms with Crippen molar-refractivity contribution < 1.29 is 22.4 Å². The number of halogens is 3. The maximum atomic E-state index is 13.8. The lowest BCUT2D eigenvalue weighted by atomic mass is 10.2. The number of hydrogen-bond acceptors (Lipinski definition) is 3. The van der Waals surface area contributed by atoms with Crippen LogP contribution in [-0.4, -0.2) is 22.8 Å². The van der Waals surface area contributed by atoms with E-state index in [4.69, 9.17) is 4.42 Å². The normalized spacial score (nSPS) is 10.8. The van der Waals surface area contributed by atoms with Crippen LogP contribution in [0.4, 0.5) is 13.2 Å². The van der Waals surface area contributed by atoms with Gasteiger partial charge in [-0.3, -0.25) is 4.79 Å². The average Bonchev–Trinajstić information content (AvgIpc) is 3.10. The fraction of sp³-hybridized carbons (Fsp3) is 0.200. The molecule has 0 spiro atoms. The summed E-state index contributed by atoms with van der Waals surface area (Å²) < 4.78 is 45.9. The first-order chi connectivity index (χ1) is 12.9. The van der Waals surface area contributed by atoms with E-state index in [-0.39, 0.29) is 48.3 Å². The predicted molar refractivity (Wildman–Crippen MR) is 93.1 cm³/mol. The minimum Gasteiger partial charge on any atom is -0.441 e. The second-order valence-corrected chi connectivity index (χ2v) is 6.08. The molecule has 0 aliphatic heterocycles. The van der Waals surface area contributed by atoms with Gasteiger partial charge >= 0.3 is 0 Å². The van der Waals surface area contributed by atoms with Crippen LogP contribution >= 0.6 is 0 Å². The summed E-state index contributed by atoms with van der Waals surface area (Å²) >= 11 is 0. The molecule has 4 nitrogen and oxygen atoms in total. The summed E-state index contributed by atoms with van der Waals surface area (Å²) in [6.45, 7) is 0.156. The van der Waals surface area contributed by atoms with Crippen LogP contribution in [0.15, 0.2) is 53.1 Å². The summed E-state index contributed by atoms with van der Waals surface area (Å²) in [5, 5.41) is 0. The number of aryl methyl sites for hydroxylation is 1. The Morgan fingerprint density at radius 2 is 1.89 bits per heavy atom. The standard InChI is InChI=1S/C20H17F3N2O2/c1-25(12-13-4-2-3-5-16(13)22)20(26)9-8-19-24-11-18(27-19)15-7-6-14(21)10-17(15)23/h2-7,10-11H,8-9,12H2,1H3. The van der Waals surface area contributed by atoms with Crippen molar-refractivity contribution in [2.24, 2.45) is 0 Å². The predicted octanol–water partition coefficient (Wildman–Crippen LogP) is 4.35. The van der Waals surface area contributed by atoms with Gasteiger partial charge in [-0.2, -0.15) is 0 Å². The van der Waals surface area contributed by atoms with Gasteiger partial charge in [-0.05, 0) is 18.2 Å². The minimum atomic E-state index is -0.751. The van der Waals surface area contributed by atoms with E-state index >= 15 is 0 Å². The van der Waals surface area contributed by atoms with Crippen LogP contribution in [0.25, 0.3) is 11.3 Å². The zero-order chi connectivity index (χ0) is 19.4. The highest BCUT2D eigenvalue weighted by Gasteiger charge is 2.15. The number of carbonyl (C=O) groups excluding carboxylic acids is 1. The van der Waals surface area contributed by atoms with Crippen molar-refractivity contribution >= 4 is 5.91 Å². The molecule has 1 heterocycles. The molecule has 140 valence electrons. The fourth-order valence-corrected chi connectivity index (χ4v) is 2.61. The third-order valence-electron chi connectivity index (χ3n) is 4.09. The van der Waals surface area contributed by atoms with Gasteiger partial charge in [0.05, 0.1) is 11.8 Å². The number of oxazole rings is 1. The van der Waals surface area contributed by atoms with Crippen LogP contribution in [0, 0.1) is 17.5 Å². The van der Waals surface area contributed by atoms with Crippen LogP contribution in [0.3, 0.4) is 0 Å². The third-order valence-corrected chi connectivity index (χ3v) is 4.09. The van der Waals surface area contributed by atoms with Gasteiger partial charge in [-0.15, -0.1) is 0 Å². The van der Waals surface area contributed by atoms with Gasteiger partial charge in [0, 0.05) is 38.1 Å². The number of aromatic nitrogens is 1. The average molecular weight is 374 g/mol. The lowest BCUT2D eigenvalue weighted by Gasteiger charge is -2.17. The first-order valence-electron chi connectivity index (χ1n) is 8.31. The van der Waals surface area contributed by atoms with Gasteiger partial charge < -0.3 is 9.32 Å². The van der Waals surface area contributed by atoms with E-state index < -0.39 is 11.6 Å². The van der Waals surface area contributed by atoms with Crippen molar-refractivity contribution in [1.82, 2.24) is 9.88 Å². The molecule has 0 radical (unpaired) electrons. The molecular formula is C20H17F3N2O2. The van der Waals surface area contributed by atoms with Crippen molar-refractivity contribution in [2.45, 2.75) is 19.4 Å². The van der Waals surface area contributed by atoms with Gasteiger partial charge in [0.15, 0.2) is 11.7 Å². The molecule has 0 bridgehead atoms. The molecule has 0 N–H and O–H groups in total. The highest BCUT2D eigenvalue weighted by molar-refractivity contribution is 5.76. The molecule has 0 saturated carbocycles. The second kappa shape index (κ2) is 8.07. The van der Waals surface area contributed by atoms with Crippen LogP contribution in [0.2, 0.25) is 0 Å². The molecule has 2 aromatic carbocycles. The Bertz CT molecular complexity index is 956. The Kier molecular flexibility index (Phi) is 5.59. The van der Waals surface area contributed by atoms with E-state index in [1.54, 1.807) is 25.2 Å². The fourth-order valence-electron chi connectivity index (χ4n) is 2.61. The van der Waals surface area contributed by atoms with E-state index in [1.807, 2.05) is 0 Å². The van der Waals surface area contributed by atoms with Crippen LogP contribution < -0.4 is 0 Å². The van der Waals surface area contributed by atoms with E-state index in [9.17, 15) is 18.0 Å². The third kappa shape index (κ3) is 4.55. The van der Waals surface area contributed by atoms with Crippen molar-refractivity contribution in [1.29, 1.82) is 0 Å². The highest BCUT2D eigenvalue weighted by atomic mass is 19.1. The Morgan fingerprint density at radius 1 is 1.11 bits per heavy atom. The first-order valence-corrected chi connectivity index (χ1v) is 8.31. The highest BCUT2D eigenvalue weighted by Crippen LogP contribution is 2.24. The molecule has 1 aromatic heterocycles. The molecule has 0 aliphatic rings. The monoisotopic (exact) mass is 374 g/mol. The summed E-state index contributed by atoms with van der Waals surface area (Å²) in [5.74, 6) is -1.57. The van der Waals surface area contributed by atoms with Crippen LogP contribution in [-0.2, 0) is 17.8 Å². The lowest BCUT2D eigenvalue weighted by molar-refractivity contribution is -0.130. The number of benzene rings is 2. The van der Waals surface area contributed by atoms with Crippen LogP contribution in [0.1, 0.15) is 17.9 Å². The molecule has 0 saturated heterocycles. The lowest BCUT2D eigenvalue weighted by Crippen LogP contribution is -2.26. The summed E-state index contributed by atoms with van der Waals surface area (Å²) in [7, 11) is 1.59. The second-order valence-electron chi connectivity index (χ2n) is 6.08. The summed E-state index contributed by atoms with van der Waals surface area (Å²) in [6, 6.07) is 9.42. The SMILES string of the molecule is CN(Cc1ccccc1F)C(=O)CCc1ncc(-c2ccc(F)cc2F)o1. The van der Waals surface area contributed by atoms with Gasteiger partial charge in [0.25, 0.3) is 0 Å². The Balaban J connectivity index is 1.59. The smallest absolute Gasteiger partial charge is 0.223 e. The van der Waals surface area contributed by atoms with Gasteiger partial charge in [0.1, 0.15) is 17.5 Å². The molecule has 0 unspecified atom stereocenters. The molecule has 27 heavy (non-hydrogen) atoms. The summed E-state index contributed by atoms with van der Waals surface area (Å²) in [4.78, 5) is 17.7. The molecule has 7 heteroatoms. The van der Waals surface area contributed by atoms with Crippen molar-refractivity contribution in [3.05, 3.63) is 77.6 Å². The van der Waals surface area contributed by atoms with Gasteiger partial charge in [-0.25, -0.2) is 18.2 Å². The topological polar surface area (TPSA) is 46.3 Å². The molecule has 0 fully saturated rings. The number of amides is 1. The maximum absolute atomic E-state index is 13.8. The Morgan fingerprint density at radius 3 is 2.63 bits per heavy atom. The van der Waals surface area contributed by atoms with Crippen molar-refractivity contribution in [2.75, 3.05) is 7.05 Å². The zero-order valence-corrected chi connectivity index (χ0v) is 14.6. The van der Waals surface area contributed by atoms with Crippen molar-refractivity contribution in [3.8, 4) is 11.3 Å².